The van der Waals surface area contributed by atoms with Gasteiger partial charge in [0.25, 0.3) is 5.91 Å². The van der Waals surface area contributed by atoms with Crippen LogP contribution >= 0.6 is 0 Å². The van der Waals surface area contributed by atoms with Crippen molar-refractivity contribution in [1.82, 2.24) is 10.3 Å². The highest BCUT2D eigenvalue weighted by atomic mass is 32.2. The Morgan fingerprint density at radius 2 is 2.29 bits per heavy atom. The molecule has 94 valence electrons. The lowest BCUT2D eigenvalue weighted by atomic mass is 10.2. The lowest BCUT2D eigenvalue weighted by Gasteiger charge is -2.12. The third-order valence-corrected chi connectivity index (χ3v) is 3.02. The molecule has 4 nitrogen and oxygen atoms in total. The maximum atomic E-state index is 12.5. The highest BCUT2D eigenvalue weighted by molar-refractivity contribution is 7.84. The number of pyridine rings is 1. The van der Waals surface area contributed by atoms with Crippen LogP contribution in [0.4, 0.5) is 4.39 Å². The average Bonchev–Trinajstić information content (AvgIpc) is 2.27. The molecule has 2 atom stereocenters. The van der Waals surface area contributed by atoms with Gasteiger partial charge in [0.1, 0.15) is 0 Å². The molecule has 0 fully saturated rings. The fourth-order valence-corrected chi connectivity index (χ4v) is 1.92. The maximum Gasteiger partial charge on any atom is 0.253 e. The van der Waals surface area contributed by atoms with Crippen LogP contribution in [0.2, 0.25) is 0 Å². The number of aromatic nitrogens is 1. The van der Waals surface area contributed by atoms with Gasteiger partial charge in [-0.3, -0.25) is 9.00 Å². The van der Waals surface area contributed by atoms with Crippen molar-refractivity contribution < 1.29 is 13.4 Å². The summed E-state index contributed by atoms with van der Waals surface area (Å²) in [6.07, 6.45) is 3.46. The lowest BCUT2D eigenvalue weighted by molar-refractivity contribution is 0.0939. The Morgan fingerprint density at radius 1 is 1.59 bits per heavy atom. The molecule has 2 unspecified atom stereocenters. The number of carbonyl (C=O) groups is 1. The molecule has 0 saturated carbocycles. The third kappa shape index (κ3) is 5.04. The van der Waals surface area contributed by atoms with E-state index in [4.69, 9.17) is 0 Å². The minimum absolute atomic E-state index is 0.0727. The van der Waals surface area contributed by atoms with Gasteiger partial charge in [-0.1, -0.05) is 0 Å². The second-order valence-electron chi connectivity index (χ2n) is 3.81. The van der Waals surface area contributed by atoms with Gasteiger partial charge in [0, 0.05) is 35.0 Å². The van der Waals surface area contributed by atoms with Gasteiger partial charge in [-0.15, -0.1) is 0 Å². The molecule has 1 aromatic heterocycles. The minimum atomic E-state index is -0.862. The van der Waals surface area contributed by atoms with Crippen LogP contribution < -0.4 is 5.32 Å². The number of carbonyl (C=O) groups excluding carboxylic acids is 1. The standard InChI is InChI=1S/C11H15FN2O2S/c1-8(5-6-17(2)16)14-11(15)9-3-4-10(12)13-7-9/h3-4,7-8H,5-6H2,1-2H3,(H,14,15). The van der Waals surface area contributed by atoms with Crippen molar-refractivity contribution in [2.24, 2.45) is 0 Å². The summed E-state index contributed by atoms with van der Waals surface area (Å²) in [5.74, 6) is -0.369. The molecule has 0 aliphatic rings. The molecule has 1 amide bonds. The summed E-state index contributed by atoms with van der Waals surface area (Å²) >= 11 is 0. The molecule has 1 aromatic rings. The van der Waals surface area contributed by atoms with E-state index in [1.807, 2.05) is 6.92 Å². The van der Waals surface area contributed by atoms with Crippen LogP contribution in [0.25, 0.3) is 0 Å². The smallest absolute Gasteiger partial charge is 0.253 e. The SMILES string of the molecule is CC(CCS(C)=O)NC(=O)c1ccc(F)nc1. The van der Waals surface area contributed by atoms with Crippen molar-refractivity contribution >= 4 is 16.7 Å². The van der Waals surface area contributed by atoms with Crippen molar-refractivity contribution in [3.05, 3.63) is 29.8 Å². The van der Waals surface area contributed by atoms with Crippen molar-refractivity contribution in [2.75, 3.05) is 12.0 Å². The molecule has 1 rings (SSSR count). The molecular weight excluding hydrogens is 243 g/mol. The first-order chi connectivity index (χ1) is 7.99. The van der Waals surface area contributed by atoms with Crippen LogP contribution in [0.15, 0.2) is 18.3 Å². The first-order valence-electron chi connectivity index (χ1n) is 5.21. The van der Waals surface area contributed by atoms with Crippen molar-refractivity contribution in [1.29, 1.82) is 0 Å². The van der Waals surface area contributed by atoms with Gasteiger partial charge in [0.05, 0.1) is 5.56 Å². The normalized spacial score (nSPS) is 14.1. The number of hydrogen-bond acceptors (Lipinski definition) is 3. The van der Waals surface area contributed by atoms with Crippen molar-refractivity contribution in [2.45, 2.75) is 19.4 Å². The summed E-state index contributed by atoms with van der Waals surface area (Å²) in [6.45, 7) is 1.84. The van der Waals surface area contributed by atoms with E-state index < -0.39 is 16.7 Å². The summed E-state index contributed by atoms with van der Waals surface area (Å²) < 4.78 is 23.4. The molecule has 0 radical (unpaired) electrons. The largest absolute Gasteiger partial charge is 0.350 e. The molecular formula is C11H15FN2O2S. The highest BCUT2D eigenvalue weighted by Gasteiger charge is 2.10. The van der Waals surface area contributed by atoms with E-state index in [1.165, 1.54) is 12.3 Å². The zero-order chi connectivity index (χ0) is 12.8. The van der Waals surface area contributed by atoms with Crippen LogP contribution in [0.5, 0.6) is 0 Å². The molecule has 0 aliphatic carbocycles. The Kier molecular flexibility index (Phi) is 5.21. The summed E-state index contributed by atoms with van der Waals surface area (Å²) in [5.41, 5.74) is 0.316. The second-order valence-corrected chi connectivity index (χ2v) is 5.36. The van der Waals surface area contributed by atoms with Crippen LogP contribution in [0, 0.1) is 5.95 Å². The van der Waals surface area contributed by atoms with Crippen LogP contribution in [-0.2, 0) is 10.8 Å². The molecule has 0 aromatic carbocycles. The number of halogens is 1. The van der Waals surface area contributed by atoms with Crippen molar-refractivity contribution in [3.63, 3.8) is 0 Å². The van der Waals surface area contributed by atoms with E-state index in [2.05, 4.69) is 10.3 Å². The minimum Gasteiger partial charge on any atom is -0.350 e. The van der Waals surface area contributed by atoms with E-state index in [0.29, 0.717) is 17.7 Å². The average molecular weight is 258 g/mol. The molecule has 1 N–H and O–H groups in total. The Labute approximate surface area is 102 Å². The molecule has 6 heteroatoms. The maximum absolute atomic E-state index is 12.5. The lowest BCUT2D eigenvalue weighted by Crippen LogP contribution is -2.33. The third-order valence-electron chi connectivity index (χ3n) is 2.21. The van der Waals surface area contributed by atoms with Crippen LogP contribution in [0.3, 0.4) is 0 Å². The van der Waals surface area contributed by atoms with Gasteiger partial charge in [-0.2, -0.15) is 4.39 Å². The zero-order valence-electron chi connectivity index (χ0n) is 9.77. The summed E-state index contributed by atoms with van der Waals surface area (Å²) in [7, 11) is -0.862. The van der Waals surface area contributed by atoms with E-state index in [9.17, 15) is 13.4 Å². The summed E-state index contributed by atoms with van der Waals surface area (Å²) in [5, 5.41) is 2.74. The Bertz CT molecular complexity index is 408. The number of amides is 1. The predicted molar refractivity (Wildman–Crippen MR) is 64.7 cm³/mol. The molecule has 0 saturated heterocycles. The van der Waals surface area contributed by atoms with E-state index in [-0.39, 0.29) is 11.9 Å². The quantitative estimate of drug-likeness (QED) is 0.805. The van der Waals surface area contributed by atoms with E-state index >= 15 is 0 Å². The molecule has 0 spiro atoms. The van der Waals surface area contributed by atoms with Gasteiger partial charge in [0.2, 0.25) is 5.95 Å². The van der Waals surface area contributed by atoms with Gasteiger partial charge < -0.3 is 5.32 Å². The number of nitrogens with one attached hydrogen (secondary N) is 1. The monoisotopic (exact) mass is 258 g/mol. The molecule has 1 heterocycles. The fourth-order valence-electron chi connectivity index (χ4n) is 1.23. The van der Waals surface area contributed by atoms with Gasteiger partial charge >= 0.3 is 0 Å². The number of hydrogen-bond donors (Lipinski definition) is 1. The highest BCUT2D eigenvalue weighted by Crippen LogP contribution is 2.01. The topological polar surface area (TPSA) is 59.1 Å². The summed E-state index contributed by atoms with van der Waals surface area (Å²) in [6, 6.07) is 2.44. The fraction of sp³-hybridized carbons (Fsp3) is 0.455. The molecule has 0 bridgehead atoms. The van der Waals surface area contributed by atoms with E-state index in [0.717, 1.165) is 6.07 Å². The Hall–Kier alpha value is -1.30. The number of rotatable bonds is 5. The summed E-state index contributed by atoms with van der Waals surface area (Å²) in [4.78, 5) is 15.1. The Balaban J connectivity index is 2.48. The predicted octanol–water partition coefficient (Wildman–Crippen LogP) is 1.11. The zero-order valence-corrected chi connectivity index (χ0v) is 10.6. The number of nitrogens with zero attached hydrogens (tertiary/aromatic N) is 1. The molecule has 0 aliphatic heterocycles. The first-order valence-corrected chi connectivity index (χ1v) is 6.94. The second kappa shape index (κ2) is 6.44. The first kappa shape index (κ1) is 13.8. The van der Waals surface area contributed by atoms with Gasteiger partial charge in [0.15, 0.2) is 0 Å². The van der Waals surface area contributed by atoms with Crippen LogP contribution in [-0.4, -0.2) is 33.2 Å². The van der Waals surface area contributed by atoms with E-state index in [1.54, 1.807) is 6.26 Å². The van der Waals surface area contributed by atoms with Crippen molar-refractivity contribution in [3.8, 4) is 0 Å². The van der Waals surface area contributed by atoms with Gasteiger partial charge in [-0.25, -0.2) is 4.98 Å². The van der Waals surface area contributed by atoms with Crippen LogP contribution in [0.1, 0.15) is 23.7 Å². The Morgan fingerprint density at radius 3 is 2.82 bits per heavy atom. The molecule has 17 heavy (non-hydrogen) atoms. The van der Waals surface area contributed by atoms with Gasteiger partial charge in [-0.05, 0) is 25.5 Å².